The highest BCUT2D eigenvalue weighted by molar-refractivity contribution is 5.72. The Hall–Kier alpha value is -2.28. The van der Waals surface area contributed by atoms with Gasteiger partial charge in [0.1, 0.15) is 0 Å². The Balaban J connectivity index is 2.11. The molecule has 138 valence electrons. The van der Waals surface area contributed by atoms with Gasteiger partial charge in [-0.15, -0.1) is 0 Å². The minimum absolute atomic E-state index is 0.503. The second kappa shape index (κ2) is 10.0. The number of rotatable bonds is 8. The summed E-state index contributed by atoms with van der Waals surface area (Å²) >= 11 is 0. The largest absolute Gasteiger partial charge is 0.382 e. The van der Waals surface area contributed by atoms with Crippen molar-refractivity contribution in [3.05, 3.63) is 71.8 Å². The molecule has 1 unspecified atom stereocenters. The topological polar surface area (TPSA) is 12.0 Å². The molecule has 1 nitrogen and oxygen atoms in total. The van der Waals surface area contributed by atoms with Crippen LogP contribution in [0, 0.1) is 0 Å². The third kappa shape index (κ3) is 5.36. The number of nitrogens with one attached hydrogen (secondary N) is 1. The highest BCUT2D eigenvalue weighted by atomic mass is 14.9. The van der Waals surface area contributed by atoms with Crippen LogP contribution in [0.2, 0.25) is 0 Å². The van der Waals surface area contributed by atoms with Crippen LogP contribution in [-0.2, 0) is 0 Å². The summed E-state index contributed by atoms with van der Waals surface area (Å²) in [5.41, 5.74) is 7.59. The smallest absolute Gasteiger partial charge is 0.0372 e. The van der Waals surface area contributed by atoms with Crippen LogP contribution in [-0.4, -0.2) is 6.04 Å². The lowest BCUT2D eigenvalue weighted by Gasteiger charge is -2.18. The van der Waals surface area contributed by atoms with E-state index in [1.54, 1.807) is 0 Å². The molecule has 0 aliphatic rings. The maximum absolute atomic E-state index is 3.66. The lowest BCUT2D eigenvalue weighted by atomic mass is 9.99. The van der Waals surface area contributed by atoms with Crippen molar-refractivity contribution in [3.63, 3.8) is 0 Å². The van der Waals surface area contributed by atoms with Crippen LogP contribution in [0.15, 0.2) is 60.7 Å². The zero-order chi connectivity index (χ0) is 18.9. The second-order valence-electron chi connectivity index (χ2n) is 7.02. The fourth-order valence-electron chi connectivity index (χ4n) is 3.12. The summed E-state index contributed by atoms with van der Waals surface area (Å²) in [4.78, 5) is 0. The minimum Gasteiger partial charge on any atom is -0.382 e. The third-order valence-electron chi connectivity index (χ3n) is 4.98. The van der Waals surface area contributed by atoms with E-state index in [4.69, 9.17) is 0 Å². The molecule has 0 aliphatic carbocycles. The van der Waals surface area contributed by atoms with Gasteiger partial charge in [-0.2, -0.15) is 0 Å². The first-order valence-electron chi connectivity index (χ1n) is 9.86. The molecule has 0 heterocycles. The van der Waals surface area contributed by atoms with Crippen LogP contribution in [0.3, 0.4) is 0 Å². The van der Waals surface area contributed by atoms with Gasteiger partial charge < -0.3 is 5.32 Å². The van der Waals surface area contributed by atoms with Gasteiger partial charge in [-0.25, -0.2) is 0 Å². The van der Waals surface area contributed by atoms with Gasteiger partial charge in [0, 0.05) is 11.7 Å². The van der Waals surface area contributed by atoms with E-state index in [9.17, 15) is 0 Å². The summed E-state index contributed by atoms with van der Waals surface area (Å²) in [5, 5.41) is 3.66. The van der Waals surface area contributed by atoms with Crippen LogP contribution < -0.4 is 5.32 Å². The molecule has 0 bridgehead atoms. The van der Waals surface area contributed by atoms with Gasteiger partial charge in [-0.1, -0.05) is 80.4 Å². The van der Waals surface area contributed by atoms with Crippen molar-refractivity contribution >= 4 is 11.3 Å². The first kappa shape index (κ1) is 20.0. The van der Waals surface area contributed by atoms with E-state index >= 15 is 0 Å². The van der Waals surface area contributed by atoms with Crippen LogP contribution in [0.4, 0.5) is 0 Å². The summed E-state index contributed by atoms with van der Waals surface area (Å²) < 4.78 is 0. The molecule has 0 radical (unpaired) electrons. The van der Waals surface area contributed by atoms with Crippen molar-refractivity contribution in [2.24, 2.45) is 0 Å². The SMILES string of the molecule is C/C=C(\NC(C)CCCC)c1ccc(-c2ccc(/C(C)=C/C)cc2)cc1. The van der Waals surface area contributed by atoms with Crippen molar-refractivity contribution in [3.8, 4) is 11.1 Å². The molecule has 1 heteroatoms. The highest BCUT2D eigenvalue weighted by Gasteiger charge is 2.06. The van der Waals surface area contributed by atoms with E-state index in [0.717, 1.165) is 0 Å². The molecule has 2 aromatic carbocycles. The zero-order valence-corrected chi connectivity index (χ0v) is 17.0. The number of allylic oxidation sites excluding steroid dienone is 3. The molecule has 2 rings (SSSR count). The lowest BCUT2D eigenvalue weighted by Crippen LogP contribution is -2.24. The standard InChI is InChI=1S/C25H33N/c1-6-9-10-20(5)26-25(8-3)24-17-15-23(16-18-24)22-13-11-21(12-14-22)19(4)7-2/h7-8,11-18,20,26H,6,9-10H2,1-5H3/b19-7+,25-8-. The summed E-state index contributed by atoms with van der Waals surface area (Å²) in [6, 6.07) is 18.2. The summed E-state index contributed by atoms with van der Waals surface area (Å²) in [6.07, 6.45) is 8.05. The van der Waals surface area contributed by atoms with Crippen LogP contribution >= 0.6 is 0 Å². The van der Waals surface area contributed by atoms with Crippen molar-refractivity contribution in [2.45, 2.75) is 59.9 Å². The maximum atomic E-state index is 3.66. The predicted octanol–water partition coefficient (Wildman–Crippen LogP) is 7.31. The molecule has 26 heavy (non-hydrogen) atoms. The number of benzene rings is 2. The predicted molar refractivity (Wildman–Crippen MR) is 117 cm³/mol. The quantitative estimate of drug-likeness (QED) is 0.528. The molecule has 0 spiro atoms. The van der Waals surface area contributed by atoms with Gasteiger partial charge in [0.2, 0.25) is 0 Å². The van der Waals surface area contributed by atoms with Gasteiger partial charge in [-0.05, 0) is 61.9 Å². The fraction of sp³-hybridized carbons (Fsp3) is 0.360. The van der Waals surface area contributed by atoms with E-state index < -0.39 is 0 Å². The molecular weight excluding hydrogens is 314 g/mol. The van der Waals surface area contributed by atoms with Gasteiger partial charge in [0.15, 0.2) is 0 Å². The second-order valence-corrected chi connectivity index (χ2v) is 7.02. The van der Waals surface area contributed by atoms with Gasteiger partial charge in [0.05, 0.1) is 0 Å². The molecular formula is C25H33N. The van der Waals surface area contributed by atoms with Crippen molar-refractivity contribution in [2.75, 3.05) is 0 Å². The Bertz CT molecular complexity index is 733. The van der Waals surface area contributed by atoms with Crippen molar-refractivity contribution in [1.29, 1.82) is 0 Å². The van der Waals surface area contributed by atoms with Gasteiger partial charge in [0.25, 0.3) is 0 Å². The van der Waals surface area contributed by atoms with E-state index in [1.807, 2.05) is 0 Å². The van der Waals surface area contributed by atoms with Crippen LogP contribution in [0.5, 0.6) is 0 Å². The number of hydrogen-bond donors (Lipinski definition) is 1. The average molecular weight is 348 g/mol. The maximum Gasteiger partial charge on any atom is 0.0372 e. The molecule has 0 saturated carbocycles. The Morgan fingerprint density at radius 2 is 1.42 bits per heavy atom. The Kier molecular flexibility index (Phi) is 7.72. The fourth-order valence-corrected chi connectivity index (χ4v) is 3.12. The summed E-state index contributed by atoms with van der Waals surface area (Å²) in [6.45, 7) is 10.8. The molecule has 0 aromatic heterocycles. The van der Waals surface area contributed by atoms with E-state index in [0.29, 0.717) is 6.04 Å². The van der Waals surface area contributed by atoms with E-state index in [1.165, 1.54) is 52.8 Å². The molecule has 0 amide bonds. The average Bonchev–Trinajstić information content (AvgIpc) is 2.70. The van der Waals surface area contributed by atoms with Crippen LogP contribution in [0.1, 0.15) is 65.0 Å². The molecule has 0 fully saturated rings. The zero-order valence-electron chi connectivity index (χ0n) is 17.0. The number of hydrogen-bond acceptors (Lipinski definition) is 1. The molecule has 1 N–H and O–H groups in total. The number of unbranched alkanes of at least 4 members (excludes halogenated alkanes) is 1. The van der Waals surface area contributed by atoms with Crippen LogP contribution in [0.25, 0.3) is 22.4 Å². The monoisotopic (exact) mass is 347 g/mol. The van der Waals surface area contributed by atoms with E-state index in [2.05, 4.69) is 101 Å². The van der Waals surface area contributed by atoms with E-state index in [-0.39, 0.29) is 0 Å². The Labute approximate surface area is 159 Å². The minimum atomic E-state index is 0.503. The highest BCUT2D eigenvalue weighted by Crippen LogP contribution is 2.24. The molecule has 2 aromatic rings. The first-order valence-corrected chi connectivity index (χ1v) is 9.86. The summed E-state index contributed by atoms with van der Waals surface area (Å²) in [5.74, 6) is 0. The first-order chi connectivity index (χ1) is 12.6. The molecule has 0 aliphatic heterocycles. The molecule has 1 atom stereocenters. The third-order valence-corrected chi connectivity index (χ3v) is 4.98. The van der Waals surface area contributed by atoms with Crippen molar-refractivity contribution in [1.82, 2.24) is 5.32 Å². The van der Waals surface area contributed by atoms with Gasteiger partial charge in [-0.3, -0.25) is 0 Å². The Morgan fingerprint density at radius 1 is 0.885 bits per heavy atom. The van der Waals surface area contributed by atoms with Crippen molar-refractivity contribution < 1.29 is 0 Å². The normalized spacial score (nSPS) is 13.6. The molecule has 0 saturated heterocycles. The van der Waals surface area contributed by atoms with Gasteiger partial charge >= 0.3 is 0 Å². The summed E-state index contributed by atoms with van der Waals surface area (Å²) in [7, 11) is 0. The lowest BCUT2D eigenvalue weighted by molar-refractivity contribution is 0.562. The Morgan fingerprint density at radius 3 is 1.88 bits per heavy atom.